The molecule has 1 aliphatic carbocycles. The van der Waals surface area contributed by atoms with Crippen molar-refractivity contribution in [2.24, 2.45) is 11.7 Å². The van der Waals surface area contributed by atoms with Gasteiger partial charge in [0.2, 0.25) is 10.0 Å². The number of nitrogens with one attached hydrogen (secondary N) is 1. The highest BCUT2D eigenvalue weighted by atomic mass is 32.2. The molecule has 2 aliphatic rings. The summed E-state index contributed by atoms with van der Waals surface area (Å²) in [6.45, 7) is 2.71. The first-order chi connectivity index (χ1) is 9.53. The summed E-state index contributed by atoms with van der Waals surface area (Å²) >= 11 is 0. The van der Waals surface area contributed by atoms with Crippen molar-refractivity contribution in [1.29, 1.82) is 0 Å². The second kappa shape index (κ2) is 5.11. The van der Waals surface area contributed by atoms with Gasteiger partial charge in [-0.2, -0.15) is 0 Å². The fourth-order valence-electron chi connectivity index (χ4n) is 3.05. The highest BCUT2D eigenvalue weighted by Crippen LogP contribution is 2.38. The molecule has 5 nitrogen and oxygen atoms in total. The van der Waals surface area contributed by atoms with Crippen LogP contribution >= 0.6 is 0 Å². The van der Waals surface area contributed by atoms with E-state index < -0.39 is 10.0 Å². The number of sulfonamides is 1. The van der Waals surface area contributed by atoms with Gasteiger partial charge in [0, 0.05) is 18.6 Å². The number of rotatable bonds is 4. The van der Waals surface area contributed by atoms with Gasteiger partial charge in [-0.15, -0.1) is 0 Å². The SMILES string of the molecule is CCc1ccc(S(=O)(=O)NC2C(N)C3CCOC32)cc1. The lowest BCUT2D eigenvalue weighted by molar-refractivity contribution is -0.00924. The minimum atomic E-state index is -3.53. The number of ether oxygens (including phenoxy) is 1. The van der Waals surface area contributed by atoms with Crippen LogP contribution < -0.4 is 10.5 Å². The summed E-state index contributed by atoms with van der Waals surface area (Å²) in [5.74, 6) is 0.296. The average molecular weight is 296 g/mol. The monoisotopic (exact) mass is 296 g/mol. The van der Waals surface area contributed by atoms with E-state index in [4.69, 9.17) is 10.5 Å². The quantitative estimate of drug-likeness (QED) is 0.854. The Hall–Kier alpha value is -0.950. The maximum Gasteiger partial charge on any atom is 0.240 e. The van der Waals surface area contributed by atoms with Crippen molar-refractivity contribution < 1.29 is 13.2 Å². The van der Waals surface area contributed by atoms with Gasteiger partial charge in [-0.1, -0.05) is 19.1 Å². The van der Waals surface area contributed by atoms with Crippen LogP contribution in [0.2, 0.25) is 0 Å². The van der Waals surface area contributed by atoms with Crippen LogP contribution in [0.4, 0.5) is 0 Å². The minimum Gasteiger partial charge on any atom is -0.376 e. The van der Waals surface area contributed by atoms with E-state index in [0.29, 0.717) is 12.5 Å². The Morgan fingerprint density at radius 2 is 2.05 bits per heavy atom. The fraction of sp³-hybridized carbons (Fsp3) is 0.571. The normalized spacial score (nSPS) is 32.7. The number of aryl methyl sites for hydroxylation is 1. The zero-order valence-corrected chi connectivity index (χ0v) is 12.3. The molecule has 3 N–H and O–H groups in total. The van der Waals surface area contributed by atoms with E-state index in [0.717, 1.165) is 18.4 Å². The van der Waals surface area contributed by atoms with Crippen LogP contribution in [-0.2, 0) is 21.2 Å². The second-order valence-corrected chi connectivity index (χ2v) is 7.22. The molecule has 1 saturated carbocycles. The van der Waals surface area contributed by atoms with E-state index in [1.807, 2.05) is 19.1 Å². The predicted octanol–water partition coefficient (Wildman–Crippen LogP) is 0.642. The molecule has 4 unspecified atom stereocenters. The lowest BCUT2D eigenvalue weighted by atomic mass is 9.73. The average Bonchev–Trinajstić information content (AvgIpc) is 2.90. The van der Waals surface area contributed by atoms with Crippen molar-refractivity contribution in [3.63, 3.8) is 0 Å². The molecule has 1 aromatic rings. The van der Waals surface area contributed by atoms with E-state index in [-0.39, 0.29) is 23.1 Å². The molecule has 0 aromatic heterocycles. The Morgan fingerprint density at radius 3 is 2.70 bits per heavy atom. The molecule has 1 heterocycles. The van der Waals surface area contributed by atoms with Crippen molar-refractivity contribution in [3.8, 4) is 0 Å². The first-order valence-electron chi connectivity index (χ1n) is 7.01. The number of benzene rings is 1. The number of hydrogen-bond donors (Lipinski definition) is 2. The summed E-state index contributed by atoms with van der Waals surface area (Å²) in [7, 11) is -3.53. The first-order valence-corrected chi connectivity index (χ1v) is 8.49. The zero-order chi connectivity index (χ0) is 14.3. The summed E-state index contributed by atoms with van der Waals surface area (Å²) in [5.41, 5.74) is 7.15. The highest BCUT2D eigenvalue weighted by Gasteiger charge is 2.53. The Balaban J connectivity index is 1.75. The molecule has 0 bridgehead atoms. The first kappa shape index (κ1) is 14.0. The van der Waals surface area contributed by atoms with E-state index >= 15 is 0 Å². The molecule has 1 saturated heterocycles. The molecule has 20 heavy (non-hydrogen) atoms. The Labute approximate surface area is 119 Å². The molecule has 4 atom stereocenters. The minimum absolute atomic E-state index is 0.0605. The number of nitrogens with two attached hydrogens (primary N) is 1. The summed E-state index contributed by atoms with van der Waals surface area (Å²) < 4.78 is 32.9. The van der Waals surface area contributed by atoms with E-state index in [1.54, 1.807) is 12.1 Å². The van der Waals surface area contributed by atoms with E-state index in [9.17, 15) is 8.42 Å². The van der Waals surface area contributed by atoms with Crippen molar-refractivity contribution in [3.05, 3.63) is 29.8 Å². The van der Waals surface area contributed by atoms with Crippen LogP contribution in [0.3, 0.4) is 0 Å². The summed E-state index contributed by atoms with van der Waals surface area (Å²) in [5, 5.41) is 0. The largest absolute Gasteiger partial charge is 0.376 e. The summed E-state index contributed by atoms with van der Waals surface area (Å²) in [6, 6.07) is 6.50. The summed E-state index contributed by atoms with van der Waals surface area (Å²) in [4.78, 5) is 0.281. The van der Waals surface area contributed by atoms with Gasteiger partial charge in [0.05, 0.1) is 17.0 Å². The van der Waals surface area contributed by atoms with Crippen LogP contribution in [0.5, 0.6) is 0 Å². The van der Waals surface area contributed by atoms with Gasteiger partial charge in [0.15, 0.2) is 0 Å². The number of hydrogen-bond acceptors (Lipinski definition) is 4. The second-order valence-electron chi connectivity index (χ2n) is 5.51. The van der Waals surface area contributed by atoms with Crippen molar-refractivity contribution >= 4 is 10.0 Å². The standard InChI is InChI=1S/C14H20N2O3S/c1-2-9-3-5-10(6-4-9)20(17,18)16-13-12(15)11-7-8-19-14(11)13/h3-6,11-14,16H,2,7-8,15H2,1H3. The molecule has 6 heteroatoms. The van der Waals surface area contributed by atoms with Gasteiger partial charge in [0.1, 0.15) is 0 Å². The van der Waals surface area contributed by atoms with Crippen LogP contribution in [0.1, 0.15) is 18.9 Å². The number of fused-ring (bicyclic) bond motifs is 1. The van der Waals surface area contributed by atoms with E-state index in [2.05, 4.69) is 4.72 Å². The smallest absolute Gasteiger partial charge is 0.240 e. The molecule has 110 valence electrons. The molecular formula is C14H20N2O3S. The predicted molar refractivity (Wildman–Crippen MR) is 75.8 cm³/mol. The Morgan fingerprint density at radius 1 is 1.35 bits per heavy atom. The zero-order valence-electron chi connectivity index (χ0n) is 11.5. The van der Waals surface area contributed by atoms with E-state index in [1.165, 1.54) is 0 Å². The molecule has 0 spiro atoms. The van der Waals surface area contributed by atoms with Crippen molar-refractivity contribution in [1.82, 2.24) is 4.72 Å². The maximum atomic E-state index is 12.3. The van der Waals surface area contributed by atoms with Gasteiger partial charge in [-0.05, 0) is 30.5 Å². The third-order valence-corrected chi connectivity index (χ3v) is 5.85. The van der Waals surface area contributed by atoms with Crippen LogP contribution in [0.15, 0.2) is 29.2 Å². The summed E-state index contributed by atoms with van der Waals surface area (Å²) in [6.07, 6.45) is 1.75. The van der Waals surface area contributed by atoms with Gasteiger partial charge >= 0.3 is 0 Å². The van der Waals surface area contributed by atoms with Gasteiger partial charge in [-0.25, -0.2) is 13.1 Å². The molecule has 3 rings (SSSR count). The third kappa shape index (κ3) is 2.26. The molecule has 1 aliphatic heterocycles. The van der Waals surface area contributed by atoms with Gasteiger partial charge in [0.25, 0.3) is 0 Å². The highest BCUT2D eigenvalue weighted by molar-refractivity contribution is 7.89. The third-order valence-electron chi connectivity index (χ3n) is 4.38. The lowest BCUT2D eigenvalue weighted by Crippen LogP contribution is -2.68. The van der Waals surface area contributed by atoms with Gasteiger partial charge < -0.3 is 10.5 Å². The lowest BCUT2D eigenvalue weighted by Gasteiger charge is -2.45. The van der Waals surface area contributed by atoms with Crippen LogP contribution in [-0.4, -0.2) is 33.2 Å². The van der Waals surface area contributed by atoms with Crippen LogP contribution in [0.25, 0.3) is 0 Å². The van der Waals surface area contributed by atoms with Crippen LogP contribution in [0, 0.1) is 5.92 Å². The molecular weight excluding hydrogens is 276 g/mol. The Kier molecular flexibility index (Phi) is 3.58. The van der Waals surface area contributed by atoms with Crippen molar-refractivity contribution in [2.45, 2.75) is 42.8 Å². The topological polar surface area (TPSA) is 81.4 Å². The molecule has 0 radical (unpaired) electrons. The van der Waals surface area contributed by atoms with Crippen molar-refractivity contribution in [2.75, 3.05) is 6.61 Å². The Bertz CT molecular complexity index is 585. The maximum absolute atomic E-state index is 12.3. The molecule has 2 fully saturated rings. The molecule has 1 aromatic carbocycles. The molecule has 0 amide bonds. The van der Waals surface area contributed by atoms with Gasteiger partial charge in [-0.3, -0.25) is 0 Å². The fourth-order valence-corrected chi connectivity index (χ4v) is 4.33.